The van der Waals surface area contributed by atoms with Crippen LogP contribution in [0.2, 0.25) is 0 Å². The van der Waals surface area contributed by atoms with Gasteiger partial charge in [0.2, 0.25) is 5.95 Å². The number of anilines is 2. The lowest BCUT2D eigenvalue weighted by atomic mass is 10.1. The molecule has 2 saturated heterocycles. The third-order valence-electron chi connectivity index (χ3n) is 5.68. The minimum absolute atomic E-state index is 0.263. The Kier molecular flexibility index (Phi) is 7.45. The molecule has 188 valence electrons. The molecule has 14 heteroatoms. The number of aliphatic carboxylic acids is 1. The summed E-state index contributed by atoms with van der Waals surface area (Å²) in [5.41, 5.74) is 18.3. The van der Waals surface area contributed by atoms with Gasteiger partial charge in [-0.15, -0.1) is 0 Å². The fraction of sp³-hybridized carbons (Fsp3) is 0.700. The van der Waals surface area contributed by atoms with E-state index in [-0.39, 0.29) is 24.1 Å². The Balaban J connectivity index is 1.53. The smallest absolute Gasteiger partial charge is 0.320 e. The molecule has 0 spiro atoms. The molecule has 2 aliphatic rings. The van der Waals surface area contributed by atoms with E-state index in [1.807, 2.05) is 13.8 Å². The molecule has 0 bridgehead atoms. The van der Waals surface area contributed by atoms with Crippen molar-refractivity contribution in [2.24, 2.45) is 11.5 Å². The van der Waals surface area contributed by atoms with Crippen LogP contribution in [0.3, 0.4) is 0 Å². The number of nitrogens with two attached hydrogens (primary N) is 3. The number of hydrogen-bond acceptors (Lipinski definition) is 12. The Morgan fingerprint density at radius 3 is 2.85 bits per heavy atom. The number of nitrogens with zero attached hydrogens (tertiary/aromatic N) is 4. The van der Waals surface area contributed by atoms with E-state index >= 15 is 0 Å². The summed E-state index contributed by atoms with van der Waals surface area (Å²) in [6.45, 7) is 4.90. The first-order valence-electron chi connectivity index (χ1n) is 11.2. The third-order valence-corrected chi connectivity index (χ3v) is 6.77. The Morgan fingerprint density at radius 1 is 1.35 bits per heavy atom. The topological polar surface area (TPSA) is 199 Å². The number of fused-ring (bicyclic) bond motifs is 2. The molecule has 8 N–H and O–H groups in total. The first kappa shape index (κ1) is 24.9. The number of carboxylic acid groups (broad SMARTS) is 1. The van der Waals surface area contributed by atoms with E-state index in [4.69, 9.17) is 36.5 Å². The fourth-order valence-electron chi connectivity index (χ4n) is 4.06. The minimum Gasteiger partial charge on any atom is -0.480 e. The van der Waals surface area contributed by atoms with E-state index in [2.05, 4.69) is 20.3 Å². The van der Waals surface area contributed by atoms with Gasteiger partial charge in [-0.05, 0) is 39.0 Å². The standard InChI is InChI=1S/C20H32N8O5S/c1-20(2)32-13-11(8-34-7-4-10(22)18(29)30)31-17(14(13)33-20)28-9-25-12-15(23)26-19(27-16(12)28)24-6-3-5-21/h9-11,13-14,17H,3-8,21-22H2,1-2H3,(H,29,30)(H3,23,24,26,27)/t10?,11-,13-,14-,17-/m1/s1. The molecule has 4 rings (SSSR count). The van der Waals surface area contributed by atoms with E-state index in [0.717, 1.165) is 6.42 Å². The number of imidazole rings is 1. The van der Waals surface area contributed by atoms with Gasteiger partial charge in [0.05, 0.1) is 12.4 Å². The molecule has 0 saturated carbocycles. The van der Waals surface area contributed by atoms with Gasteiger partial charge < -0.3 is 41.8 Å². The summed E-state index contributed by atoms with van der Waals surface area (Å²) >= 11 is 1.57. The molecule has 0 aromatic carbocycles. The van der Waals surface area contributed by atoms with E-state index in [9.17, 15) is 4.79 Å². The zero-order chi connectivity index (χ0) is 24.5. The van der Waals surface area contributed by atoms with Crippen LogP contribution in [-0.2, 0) is 19.0 Å². The number of nitrogens with one attached hydrogen (secondary N) is 1. The van der Waals surface area contributed by atoms with Crippen molar-refractivity contribution in [3.63, 3.8) is 0 Å². The van der Waals surface area contributed by atoms with Gasteiger partial charge in [0.1, 0.15) is 23.8 Å². The molecule has 0 radical (unpaired) electrons. The van der Waals surface area contributed by atoms with Crippen molar-refractivity contribution >= 4 is 40.7 Å². The summed E-state index contributed by atoms with van der Waals surface area (Å²) in [5.74, 6) is 0.0664. The molecule has 4 heterocycles. The third kappa shape index (κ3) is 5.21. The highest BCUT2D eigenvalue weighted by Crippen LogP contribution is 2.44. The largest absolute Gasteiger partial charge is 0.480 e. The van der Waals surface area contributed by atoms with Gasteiger partial charge >= 0.3 is 5.97 Å². The van der Waals surface area contributed by atoms with Crippen LogP contribution in [0.4, 0.5) is 11.8 Å². The summed E-state index contributed by atoms with van der Waals surface area (Å²) in [5, 5.41) is 12.1. The van der Waals surface area contributed by atoms with E-state index in [0.29, 0.717) is 48.1 Å². The van der Waals surface area contributed by atoms with Crippen molar-refractivity contribution in [3.05, 3.63) is 6.33 Å². The van der Waals surface area contributed by atoms with Gasteiger partial charge in [0.25, 0.3) is 0 Å². The second kappa shape index (κ2) is 10.2. The van der Waals surface area contributed by atoms with Crippen molar-refractivity contribution < 1.29 is 24.1 Å². The van der Waals surface area contributed by atoms with Crippen molar-refractivity contribution in [3.8, 4) is 0 Å². The second-order valence-electron chi connectivity index (χ2n) is 8.76. The Labute approximate surface area is 201 Å². The predicted molar refractivity (Wildman–Crippen MR) is 127 cm³/mol. The van der Waals surface area contributed by atoms with Crippen LogP contribution in [0.15, 0.2) is 6.33 Å². The lowest BCUT2D eigenvalue weighted by molar-refractivity contribution is -0.193. The van der Waals surface area contributed by atoms with E-state index < -0.39 is 24.0 Å². The number of carbonyl (C=O) groups is 1. The first-order chi connectivity index (χ1) is 16.2. The summed E-state index contributed by atoms with van der Waals surface area (Å²) < 4.78 is 20.5. The van der Waals surface area contributed by atoms with Gasteiger partial charge in [0, 0.05) is 12.3 Å². The maximum absolute atomic E-state index is 10.9. The predicted octanol–water partition coefficient (Wildman–Crippen LogP) is 0.122. The van der Waals surface area contributed by atoms with Crippen molar-refractivity contribution in [2.45, 2.75) is 63.1 Å². The summed E-state index contributed by atoms with van der Waals surface area (Å²) in [6.07, 6.45) is 1.26. The van der Waals surface area contributed by atoms with Crippen LogP contribution < -0.4 is 22.5 Å². The molecule has 2 aromatic heterocycles. The molecule has 0 aliphatic carbocycles. The molecule has 2 aliphatic heterocycles. The van der Waals surface area contributed by atoms with Crippen molar-refractivity contribution in [1.29, 1.82) is 0 Å². The number of ether oxygens (including phenoxy) is 3. The van der Waals surface area contributed by atoms with Crippen LogP contribution in [0.1, 0.15) is 32.9 Å². The Morgan fingerprint density at radius 2 is 2.12 bits per heavy atom. The van der Waals surface area contributed by atoms with Crippen LogP contribution in [-0.4, -0.2) is 85.3 Å². The highest BCUT2D eigenvalue weighted by atomic mass is 32.2. The highest BCUT2D eigenvalue weighted by molar-refractivity contribution is 7.99. The molecular formula is C20H32N8O5S. The molecule has 2 fully saturated rings. The number of aromatic nitrogens is 4. The number of hydrogen-bond donors (Lipinski definition) is 5. The lowest BCUT2D eigenvalue weighted by Gasteiger charge is -2.24. The zero-order valence-corrected chi connectivity index (χ0v) is 20.0. The van der Waals surface area contributed by atoms with Gasteiger partial charge in [0.15, 0.2) is 23.5 Å². The van der Waals surface area contributed by atoms with Crippen molar-refractivity contribution in [2.75, 3.05) is 35.6 Å². The average molecular weight is 497 g/mol. The van der Waals surface area contributed by atoms with Gasteiger partial charge in [-0.3, -0.25) is 9.36 Å². The summed E-state index contributed by atoms with van der Waals surface area (Å²) in [4.78, 5) is 24.2. The molecule has 34 heavy (non-hydrogen) atoms. The first-order valence-corrected chi connectivity index (χ1v) is 12.4. The monoisotopic (exact) mass is 496 g/mol. The summed E-state index contributed by atoms with van der Waals surface area (Å²) in [6, 6.07) is -0.877. The van der Waals surface area contributed by atoms with E-state index in [1.165, 1.54) is 0 Å². The molecule has 2 aromatic rings. The Bertz CT molecular complexity index is 1020. The molecule has 0 amide bonds. The Hall–Kier alpha value is -2.23. The number of rotatable bonds is 11. The minimum atomic E-state index is -1.00. The van der Waals surface area contributed by atoms with Gasteiger partial charge in [-0.1, -0.05) is 0 Å². The van der Waals surface area contributed by atoms with Crippen LogP contribution >= 0.6 is 11.8 Å². The molecule has 13 nitrogen and oxygen atoms in total. The SMILES string of the molecule is CC1(C)O[C@@H]2[C@H](O1)[C@@H](CSCCC(N)C(=O)O)O[C@H]2n1cnc2c(N)nc(NCCCN)nc21. The number of nitrogen functional groups attached to an aromatic ring is 1. The van der Waals surface area contributed by atoms with Crippen LogP contribution in [0, 0.1) is 0 Å². The molecule has 1 unspecified atom stereocenters. The highest BCUT2D eigenvalue weighted by Gasteiger charge is 2.56. The normalized spacial score (nSPS) is 26.6. The van der Waals surface area contributed by atoms with Crippen LogP contribution in [0.5, 0.6) is 0 Å². The maximum atomic E-state index is 10.9. The van der Waals surface area contributed by atoms with E-state index in [1.54, 1.807) is 22.7 Å². The second-order valence-corrected chi connectivity index (χ2v) is 9.91. The maximum Gasteiger partial charge on any atom is 0.320 e. The fourth-order valence-corrected chi connectivity index (χ4v) is 5.14. The number of carboxylic acids is 1. The van der Waals surface area contributed by atoms with Crippen molar-refractivity contribution in [1.82, 2.24) is 19.5 Å². The average Bonchev–Trinajstić information content (AvgIpc) is 3.42. The van der Waals surface area contributed by atoms with Gasteiger partial charge in [-0.25, -0.2) is 4.98 Å². The summed E-state index contributed by atoms with van der Waals surface area (Å²) in [7, 11) is 0. The molecular weight excluding hydrogens is 464 g/mol. The quantitative estimate of drug-likeness (QED) is 0.263. The molecule has 5 atom stereocenters. The van der Waals surface area contributed by atoms with Gasteiger partial charge in [-0.2, -0.15) is 21.7 Å². The van der Waals surface area contributed by atoms with Crippen LogP contribution in [0.25, 0.3) is 11.2 Å². The number of thioether (sulfide) groups is 1. The lowest BCUT2D eigenvalue weighted by Crippen LogP contribution is -2.32. The zero-order valence-electron chi connectivity index (χ0n) is 19.2.